The van der Waals surface area contributed by atoms with E-state index >= 15 is 0 Å². The number of carbonyl (C=O) groups excluding carboxylic acids is 1. The van der Waals surface area contributed by atoms with E-state index in [0.29, 0.717) is 24.4 Å². The normalized spacial score (nSPS) is 16.6. The van der Waals surface area contributed by atoms with Crippen LogP contribution in [0, 0.1) is 5.41 Å². The molecular formula is C39H49N5O5S. The fourth-order valence-electron chi connectivity index (χ4n) is 7.72. The van der Waals surface area contributed by atoms with Gasteiger partial charge in [0.2, 0.25) is 5.91 Å². The lowest BCUT2D eigenvalue weighted by atomic mass is 9.80. The van der Waals surface area contributed by atoms with Crippen LogP contribution in [0.15, 0.2) is 42.7 Å². The van der Waals surface area contributed by atoms with Crippen molar-refractivity contribution in [1.82, 2.24) is 14.9 Å². The molecule has 266 valence electrons. The second-order valence-corrected chi connectivity index (χ2v) is 16.8. The quantitative estimate of drug-likeness (QED) is 0.159. The zero-order valence-electron chi connectivity index (χ0n) is 30.0. The molecule has 0 saturated carbocycles. The Balaban J connectivity index is 1.60. The highest BCUT2D eigenvalue weighted by molar-refractivity contribution is 7.86. The molecule has 3 aliphatic heterocycles. The van der Waals surface area contributed by atoms with E-state index in [1.165, 1.54) is 0 Å². The van der Waals surface area contributed by atoms with Crippen LogP contribution in [-0.2, 0) is 27.9 Å². The molecule has 1 aromatic heterocycles. The molecule has 0 unspecified atom stereocenters. The molecule has 50 heavy (non-hydrogen) atoms. The number of nitrogens with one attached hydrogen (secondary N) is 1. The first-order chi connectivity index (χ1) is 23.5. The summed E-state index contributed by atoms with van der Waals surface area (Å²) in [6, 6.07) is 6.19. The average Bonchev–Trinajstić information content (AvgIpc) is 3.47. The standard InChI is InChI=1S/C39H49N5O5S/c1-24-17-32-30(18-28(24)25(2)20-38(3,4)5)34(37-42-13-16-43(37)14-9-8-12-41-33(45)22-40)31-19-29-26(23-50(46,47)48)21-39(6,7)44-15-10-11-27(35(29)44)36(31)49-32/h13,16-21H,1,8-12,14-15,22-23,40H2,2-7H3,(H,41,45)(H,46,47,48)/b25-20-. The summed E-state index contributed by atoms with van der Waals surface area (Å²) in [7, 11) is -4.31. The van der Waals surface area contributed by atoms with E-state index in [4.69, 9.17) is 15.5 Å². The topological polar surface area (TPSA) is 140 Å². The van der Waals surface area contributed by atoms with Gasteiger partial charge in [-0.3, -0.25) is 9.35 Å². The maximum atomic E-state index is 12.4. The minimum atomic E-state index is -4.31. The average molecular weight is 700 g/mol. The lowest BCUT2D eigenvalue weighted by Gasteiger charge is -2.47. The molecule has 0 aliphatic carbocycles. The number of benzene rings is 2. The molecule has 2 aromatic carbocycles. The molecule has 0 bridgehead atoms. The summed E-state index contributed by atoms with van der Waals surface area (Å²) in [5.41, 5.74) is 12.1. The Morgan fingerprint density at radius 3 is 2.66 bits per heavy atom. The largest absolute Gasteiger partial charge is 0.456 e. The van der Waals surface area contributed by atoms with Crippen LogP contribution >= 0.6 is 0 Å². The summed E-state index contributed by atoms with van der Waals surface area (Å²) in [4.78, 5) is 18.9. The maximum Gasteiger partial charge on any atom is 0.269 e. The molecule has 11 heteroatoms. The van der Waals surface area contributed by atoms with Gasteiger partial charge in [-0.05, 0) is 92.0 Å². The number of unbranched alkanes of at least 4 members (excludes halogenated alkanes) is 1. The molecule has 3 aliphatic rings. The smallest absolute Gasteiger partial charge is 0.269 e. The van der Waals surface area contributed by atoms with Crippen LogP contribution in [0.1, 0.15) is 88.9 Å². The number of rotatable bonds is 10. The first-order valence-corrected chi connectivity index (χ1v) is 19.0. The van der Waals surface area contributed by atoms with E-state index in [1.807, 2.05) is 24.4 Å². The van der Waals surface area contributed by atoms with Crippen molar-refractivity contribution < 1.29 is 22.5 Å². The minimum absolute atomic E-state index is 0.0334. The summed E-state index contributed by atoms with van der Waals surface area (Å²) >= 11 is 0. The molecule has 4 heterocycles. The Bertz CT molecular complexity index is 2150. The van der Waals surface area contributed by atoms with Gasteiger partial charge in [-0.15, -0.1) is 0 Å². The molecule has 4 N–H and O–H groups in total. The predicted octanol–water partition coefficient (Wildman–Crippen LogP) is 4.77. The number of nitrogens with two attached hydrogens (primary N) is 1. The van der Waals surface area contributed by atoms with Crippen LogP contribution < -0.4 is 31.1 Å². The second kappa shape index (κ2) is 13.2. The van der Waals surface area contributed by atoms with Crippen molar-refractivity contribution in [3.63, 3.8) is 0 Å². The number of nitrogens with zero attached hydrogens (tertiary/aromatic N) is 3. The molecule has 0 spiro atoms. The van der Waals surface area contributed by atoms with E-state index < -0.39 is 21.4 Å². The van der Waals surface area contributed by atoms with Gasteiger partial charge >= 0.3 is 0 Å². The zero-order chi connectivity index (χ0) is 36.2. The third-order valence-electron chi connectivity index (χ3n) is 9.64. The Kier molecular flexibility index (Phi) is 9.38. The lowest BCUT2D eigenvalue weighted by molar-refractivity contribution is -0.119. The summed E-state index contributed by atoms with van der Waals surface area (Å²) in [5, 5.41) is 4.58. The number of anilines is 1. The van der Waals surface area contributed by atoms with Gasteiger partial charge in [-0.25, -0.2) is 4.98 Å². The van der Waals surface area contributed by atoms with Crippen molar-refractivity contribution in [3.05, 3.63) is 81.3 Å². The van der Waals surface area contributed by atoms with Crippen molar-refractivity contribution >= 4 is 45.0 Å². The molecule has 6 rings (SSSR count). The van der Waals surface area contributed by atoms with Gasteiger partial charge in [0.15, 0.2) is 0 Å². The first kappa shape index (κ1) is 35.6. The van der Waals surface area contributed by atoms with Gasteiger partial charge in [0.05, 0.1) is 17.8 Å². The number of imidazole rings is 1. The summed E-state index contributed by atoms with van der Waals surface area (Å²) in [6.07, 6.45) is 11.2. The van der Waals surface area contributed by atoms with Crippen molar-refractivity contribution in [2.24, 2.45) is 11.1 Å². The minimum Gasteiger partial charge on any atom is -0.456 e. The van der Waals surface area contributed by atoms with Crippen molar-refractivity contribution in [1.29, 1.82) is 0 Å². The molecule has 1 amide bonds. The number of aryl methyl sites for hydroxylation is 1. The summed E-state index contributed by atoms with van der Waals surface area (Å²) in [6.45, 7) is 19.2. The fourth-order valence-corrected chi connectivity index (χ4v) is 8.35. The Morgan fingerprint density at radius 1 is 1.20 bits per heavy atom. The van der Waals surface area contributed by atoms with Crippen molar-refractivity contribution in [2.45, 2.75) is 79.3 Å². The SMILES string of the molecule is C=c1cc2c(cc1/C(C)=C\C(C)(C)C)=C(c1nccn1CCCCNC(=O)CN)c1cc3c4c(c1O2)CCCN4C(C)(C)C=C3CS(=O)(=O)O. The molecule has 3 aromatic rings. The van der Waals surface area contributed by atoms with Gasteiger partial charge in [-0.1, -0.05) is 39.5 Å². The Morgan fingerprint density at radius 2 is 1.96 bits per heavy atom. The fraction of sp³-hybridized carbons (Fsp3) is 0.436. The third-order valence-corrected chi connectivity index (χ3v) is 10.3. The van der Waals surface area contributed by atoms with Gasteiger partial charge in [-0.2, -0.15) is 8.42 Å². The van der Waals surface area contributed by atoms with E-state index in [2.05, 4.69) is 75.0 Å². The number of amides is 1. The van der Waals surface area contributed by atoms with Gasteiger partial charge in [0, 0.05) is 59.5 Å². The van der Waals surface area contributed by atoms with Gasteiger partial charge < -0.3 is 25.3 Å². The summed E-state index contributed by atoms with van der Waals surface area (Å²) in [5.74, 6) is 1.54. The molecule has 0 saturated heterocycles. The van der Waals surface area contributed by atoms with E-state index in [9.17, 15) is 17.8 Å². The van der Waals surface area contributed by atoms with Crippen molar-refractivity contribution in [2.75, 3.05) is 30.3 Å². The highest BCUT2D eigenvalue weighted by Gasteiger charge is 2.40. The third kappa shape index (κ3) is 7.04. The van der Waals surface area contributed by atoms with Crippen LogP contribution in [0.2, 0.25) is 0 Å². The monoisotopic (exact) mass is 699 g/mol. The lowest BCUT2D eigenvalue weighted by Crippen LogP contribution is -2.48. The van der Waals surface area contributed by atoms with Gasteiger partial charge in [0.1, 0.15) is 23.1 Å². The number of aromatic nitrogens is 2. The number of allylic oxidation sites excluding steroid dienone is 2. The van der Waals surface area contributed by atoms with Crippen LogP contribution in [0.4, 0.5) is 5.69 Å². The maximum absolute atomic E-state index is 12.4. The molecule has 0 radical (unpaired) electrons. The number of ether oxygens (including phenoxy) is 1. The van der Waals surface area contributed by atoms with Crippen LogP contribution in [0.25, 0.3) is 23.3 Å². The highest BCUT2D eigenvalue weighted by Crippen LogP contribution is 2.51. The first-order valence-electron chi connectivity index (χ1n) is 17.4. The number of carbonyl (C=O) groups is 1. The molecule has 0 fully saturated rings. The predicted molar refractivity (Wildman–Crippen MR) is 200 cm³/mol. The van der Waals surface area contributed by atoms with Gasteiger partial charge in [0.25, 0.3) is 10.1 Å². The molecule has 10 nitrogen and oxygen atoms in total. The zero-order valence-corrected chi connectivity index (χ0v) is 30.8. The Labute approximate surface area is 295 Å². The van der Waals surface area contributed by atoms with E-state index in [1.54, 1.807) is 6.20 Å². The number of hydrogen-bond acceptors (Lipinski definition) is 7. The van der Waals surface area contributed by atoms with E-state index in [-0.39, 0.29) is 17.9 Å². The molecule has 0 atom stereocenters. The highest BCUT2D eigenvalue weighted by atomic mass is 32.2. The summed E-state index contributed by atoms with van der Waals surface area (Å²) < 4.78 is 43.8. The number of fused-ring (bicyclic) bond motifs is 3. The van der Waals surface area contributed by atoms with E-state index in [0.717, 1.165) is 93.3 Å². The number of hydrogen-bond donors (Lipinski definition) is 3. The Hall–Kier alpha value is -4.19. The van der Waals surface area contributed by atoms with Crippen LogP contribution in [-0.4, -0.2) is 59.4 Å². The van der Waals surface area contributed by atoms with Crippen molar-refractivity contribution in [3.8, 4) is 11.5 Å². The van der Waals surface area contributed by atoms with Crippen LogP contribution in [0.3, 0.4) is 0 Å². The molecular weight excluding hydrogens is 651 g/mol. The second-order valence-electron chi connectivity index (χ2n) is 15.3. The van der Waals surface area contributed by atoms with Crippen LogP contribution in [0.5, 0.6) is 11.5 Å².